The summed E-state index contributed by atoms with van der Waals surface area (Å²) < 4.78 is 29.9. The number of sulfone groups is 1. The summed E-state index contributed by atoms with van der Waals surface area (Å²) in [6.07, 6.45) is 1.40. The third-order valence-corrected chi connectivity index (χ3v) is 6.22. The van der Waals surface area contributed by atoms with Crippen molar-refractivity contribution in [3.05, 3.63) is 35.8 Å². The topological polar surface area (TPSA) is 85.4 Å². The van der Waals surface area contributed by atoms with E-state index in [2.05, 4.69) is 10.3 Å². The summed E-state index contributed by atoms with van der Waals surface area (Å²) in [4.78, 5) is 16.0. The summed E-state index contributed by atoms with van der Waals surface area (Å²) >= 11 is 0.989. The van der Waals surface area contributed by atoms with Crippen LogP contribution in [0.15, 0.2) is 40.2 Å². The van der Waals surface area contributed by atoms with Gasteiger partial charge < -0.3 is 10.1 Å². The van der Waals surface area contributed by atoms with E-state index in [1.54, 1.807) is 29.6 Å². The molecule has 0 unspecified atom stereocenters. The molecule has 0 fully saturated rings. The van der Waals surface area contributed by atoms with Gasteiger partial charge in [0.15, 0.2) is 0 Å². The van der Waals surface area contributed by atoms with Crippen molar-refractivity contribution in [2.24, 2.45) is 0 Å². The van der Waals surface area contributed by atoms with E-state index in [0.717, 1.165) is 11.3 Å². The highest BCUT2D eigenvalue weighted by atomic mass is 32.2. The maximum absolute atomic E-state index is 12.3. The van der Waals surface area contributed by atoms with Gasteiger partial charge in [-0.3, -0.25) is 4.79 Å². The van der Waals surface area contributed by atoms with Gasteiger partial charge >= 0.3 is 0 Å². The zero-order chi connectivity index (χ0) is 16.2. The molecule has 0 aliphatic heterocycles. The predicted octanol–water partition coefficient (Wildman–Crippen LogP) is 2.34. The van der Waals surface area contributed by atoms with Gasteiger partial charge in [0.05, 0.1) is 12.3 Å². The van der Waals surface area contributed by atoms with Crippen LogP contribution < -0.4 is 10.1 Å². The van der Waals surface area contributed by atoms with Crippen molar-refractivity contribution >= 4 is 32.8 Å². The van der Waals surface area contributed by atoms with E-state index in [1.807, 2.05) is 6.92 Å². The Hall–Kier alpha value is -1.93. The lowest BCUT2D eigenvalue weighted by atomic mass is 10.3. The maximum Gasteiger partial charge on any atom is 0.243 e. The zero-order valence-corrected chi connectivity index (χ0v) is 13.8. The van der Waals surface area contributed by atoms with Gasteiger partial charge in [-0.15, -0.1) is 11.3 Å². The van der Waals surface area contributed by atoms with Crippen LogP contribution in [-0.4, -0.2) is 31.2 Å². The molecule has 6 nitrogen and oxygen atoms in total. The van der Waals surface area contributed by atoms with Gasteiger partial charge in [0.25, 0.3) is 0 Å². The summed E-state index contributed by atoms with van der Waals surface area (Å²) in [7, 11) is -3.79. The highest BCUT2D eigenvalue weighted by molar-refractivity contribution is 7.94. The molecule has 1 aromatic heterocycles. The molecule has 2 rings (SSSR count). The lowest BCUT2D eigenvalue weighted by molar-refractivity contribution is -0.115. The SMILES string of the molecule is CCOc1ccccc1NC(=O)[C@@H](C)S(=O)(=O)c1nccs1. The maximum atomic E-state index is 12.3. The average molecular weight is 340 g/mol. The molecule has 0 aliphatic rings. The Labute approximate surface area is 133 Å². The molecule has 118 valence electrons. The van der Waals surface area contributed by atoms with Crippen LogP contribution in [0.3, 0.4) is 0 Å². The second kappa shape index (κ2) is 6.89. The van der Waals surface area contributed by atoms with Crippen LogP contribution in [0.1, 0.15) is 13.8 Å². The van der Waals surface area contributed by atoms with Crippen molar-refractivity contribution in [2.45, 2.75) is 23.4 Å². The molecule has 2 aromatic rings. The van der Waals surface area contributed by atoms with E-state index in [9.17, 15) is 13.2 Å². The van der Waals surface area contributed by atoms with Gasteiger partial charge in [-0.05, 0) is 26.0 Å². The molecule has 0 saturated carbocycles. The number of benzene rings is 1. The third-order valence-electron chi connectivity index (χ3n) is 2.93. The number of carbonyl (C=O) groups is 1. The van der Waals surface area contributed by atoms with E-state index >= 15 is 0 Å². The van der Waals surface area contributed by atoms with Gasteiger partial charge in [0.2, 0.25) is 20.1 Å². The van der Waals surface area contributed by atoms with Crippen molar-refractivity contribution in [3.63, 3.8) is 0 Å². The lowest BCUT2D eigenvalue weighted by Gasteiger charge is -2.14. The smallest absolute Gasteiger partial charge is 0.243 e. The Bertz CT molecular complexity index is 742. The fourth-order valence-electron chi connectivity index (χ4n) is 1.73. The molecule has 1 aromatic carbocycles. The molecule has 0 bridgehead atoms. The first-order chi connectivity index (χ1) is 10.5. The molecule has 0 radical (unpaired) electrons. The first-order valence-electron chi connectivity index (χ1n) is 6.63. The number of nitrogens with one attached hydrogen (secondary N) is 1. The van der Waals surface area contributed by atoms with Crippen molar-refractivity contribution in [3.8, 4) is 5.75 Å². The minimum Gasteiger partial charge on any atom is -0.492 e. The van der Waals surface area contributed by atoms with E-state index in [0.29, 0.717) is 18.0 Å². The van der Waals surface area contributed by atoms with E-state index in [-0.39, 0.29) is 4.34 Å². The Morgan fingerprint density at radius 2 is 2.14 bits per heavy atom. The Morgan fingerprint density at radius 1 is 1.41 bits per heavy atom. The van der Waals surface area contributed by atoms with E-state index < -0.39 is 21.0 Å². The minimum atomic E-state index is -3.79. The van der Waals surface area contributed by atoms with Crippen molar-refractivity contribution in [1.82, 2.24) is 4.98 Å². The summed E-state index contributed by atoms with van der Waals surface area (Å²) in [6, 6.07) is 6.87. The standard InChI is InChI=1S/C14H16N2O4S2/c1-3-20-12-7-5-4-6-11(12)16-13(17)10(2)22(18,19)14-15-8-9-21-14/h4-10H,3H2,1-2H3,(H,16,17)/t10-/m1/s1. The number of nitrogens with zero attached hydrogens (tertiary/aromatic N) is 1. The second-order valence-electron chi connectivity index (χ2n) is 4.40. The minimum absolute atomic E-state index is 0.0618. The number of hydrogen-bond acceptors (Lipinski definition) is 6. The van der Waals surface area contributed by atoms with Gasteiger partial charge in [0.1, 0.15) is 11.0 Å². The van der Waals surface area contributed by atoms with Gasteiger partial charge in [0, 0.05) is 11.6 Å². The molecule has 0 saturated heterocycles. The molecule has 0 aliphatic carbocycles. The quantitative estimate of drug-likeness (QED) is 0.872. The highest BCUT2D eigenvalue weighted by Crippen LogP contribution is 2.25. The van der Waals surface area contributed by atoms with Crippen LogP contribution in [0.2, 0.25) is 0 Å². The molecular weight excluding hydrogens is 324 g/mol. The van der Waals surface area contributed by atoms with Crippen molar-refractivity contribution in [1.29, 1.82) is 0 Å². The van der Waals surface area contributed by atoms with E-state index in [4.69, 9.17) is 4.74 Å². The Kier molecular flexibility index (Phi) is 5.15. The normalized spacial score (nSPS) is 12.6. The summed E-state index contributed by atoms with van der Waals surface area (Å²) in [5.41, 5.74) is 0.440. The first-order valence-corrected chi connectivity index (χ1v) is 9.05. The lowest BCUT2D eigenvalue weighted by Crippen LogP contribution is -2.32. The number of para-hydroxylation sites is 2. The second-order valence-corrected chi connectivity index (χ2v) is 7.74. The van der Waals surface area contributed by atoms with Gasteiger partial charge in [-0.2, -0.15) is 0 Å². The highest BCUT2D eigenvalue weighted by Gasteiger charge is 2.32. The van der Waals surface area contributed by atoms with Crippen molar-refractivity contribution < 1.29 is 17.9 Å². The first kappa shape index (κ1) is 16.4. The largest absolute Gasteiger partial charge is 0.492 e. The van der Waals surface area contributed by atoms with Crippen LogP contribution in [0.4, 0.5) is 5.69 Å². The molecular formula is C14H16N2O4S2. The molecule has 1 amide bonds. The molecule has 8 heteroatoms. The predicted molar refractivity (Wildman–Crippen MR) is 85.0 cm³/mol. The number of anilines is 1. The molecule has 1 heterocycles. The number of amides is 1. The summed E-state index contributed by atoms with van der Waals surface area (Å²) in [5, 5.41) is 2.91. The van der Waals surface area contributed by atoms with Gasteiger partial charge in [-0.1, -0.05) is 12.1 Å². The monoisotopic (exact) mass is 340 g/mol. The number of ether oxygens (including phenoxy) is 1. The molecule has 22 heavy (non-hydrogen) atoms. The van der Waals surface area contributed by atoms with Crippen LogP contribution in [0.25, 0.3) is 0 Å². The number of hydrogen-bond donors (Lipinski definition) is 1. The Morgan fingerprint density at radius 3 is 2.77 bits per heavy atom. The van der Waals surface area contributed by atoms with Crippen LogP contribution in [0, 0.1) is 0 Å². The van der Waals surface area contributed by atoms with Crippen LogP contribution in [0.5, 0.6) is 5.75 Å². The van der Waals surface area contributed by atoms with Gasteiger partial charge in [-0.25, -0.2) is 13.4 Å². The average Bonchev–Trinajstić information content (AvgIpc) is 3.03. The molecule has 1 N–H and O–H groups in total. The number of carbonyl (C=O) groups excluding carboxylic acids is 1. The molecule has 1 atom stereocenters. The zero-order valence-electron chi connectivity index (χ0n) is 12.1. The fourth-order valence-corrected chi connectivity index (χ4v) is 4.08. The van der Waals surface area contributed by atoms with E-state index in [1.165, 1.54) is 13.1 Å². The van der Waals surface area contributed by atoms with Crippen LogP contribution >= 0.6 is 11.3 Å². The number of aromatic nitrogens is 1. The summed E-state index contributed by atoms with van der Waals surface area (Å²) in [5.74, 6) is -0.125. The van der Waals surface area contributed by atoms with Crippen LogP contribution in [-0.2, 0) is 14.6 Å². The fraction of sp³-hybridized carbons (Fsp3) is 0.286. The summed E-state index contributed by atoms with van der Waals surface area (Å²) in [6.45, 7) is 3.61. The number of rotatable bonds is 6. The van der Waals surface area contributed by atoms with Crippen molar-refractivity contribution in [2.75, 3.05) is 11.9 Å². The number of thiazole rings is 1. The Balaban J connectivity index is 2.19. The molecule has 0 spiro atoms. The third kappa shape index (κ3) is 3.45.